The van der Waals surface area contributed by atoms with Crippen LogP contribution in [-0.2, 0) is 11.2 Å². The van der Waals surface area contributed by atoms with Gasteiger partial charge in [0.1, 0.15) is 5.82 Å². The predicted molar refractivity (Wildman–Crippen MR) is 90.8 cm³/mol. The SMILES string of the molecule is CCc1ccc2c(NC3CC3)cnc(N3CCOCC3)c2c1. The number of fused-ring (bicyclic) bond motifs is 1. The Morgan fingerprint density at radius 1 is 1.23 bits per heavy atom. The Balaban J connectivity index is 1.80. The summed E-state index contributed by atoms with van der Waals surface area (Å²) in [4.78, 5) is 7.15. The number of pyridine rings is 1. The molecule has 1 N–H and O–H groups in total. The summed E-state index contributed by atoms with van der Waals surface area (Å²) in [5.74, 6) is 1.11. The summed E-state index contributed by atoms with van der Waals surface area (Å²) in [5, 5.41) is 6.18. The van der Waals surface area contributed by atoms with Crippen molar-refractivity contribution in [1.29, 1.82) is 0 Å². The molecule has 22 heavy (non-hydrogen) atoms. The van der Waals surface area contributed by atoms with Crippen LogP contribution in [0.15, 0.2) is 24.4 Å². The van der Waals surface area contributed by atoms with Gasteiger partial charge in [-0.05, 0) is 30.9 Å². The van der Waals surface area contributed by atoms with E-state index in [4.69, 9.17) is 9.72 Å². The first kappa shape index (κ1) is 13.8. The Hall–Kier alpha value is -1.81. The van der Waals surface area contributed by atoms with E-state index in [0.717, 1.165) is 38.5 Å². The molecule has 4 rings (SSSR count). The lowest BCUT2D eigenvalue weighted by atomic mass is 10.0. The molecule has 0 atom stereocenters. The number of morpholine rings is 1. The first-order valence-corrected chi connectivity index (χ1v) is 8.36. The highest BCUT2D eigenvalue weighted by atomic mass is 16.5. The number of hydrogen-bond donors (Lipinski definition) is 1. The van der Waals surface area contributed by atoms with Crippen LogP contribution in [0, 0.1) is 0 Å². The molecule has 116 valence electrons. The molecule has 1 aliphatic heterocycles. The molecule has 4 heteroatoms. The quantitative estimate of drug-likeness (QED) is 0.940. The lowest BCUT2D eigenvalue weighted by molar-refractivity contribution is 0.122. The normalized spacial score (nSPS) is 18.7. The summed E-state index contributed by atoms with van der Waals surface area (Å²) in [6.07, 6.45) is 5.62. The van der Waals surface area contributed by atoms with Crippen molar-refractivity contribution in [2.24, 2.45) is 0 Å². The van der Waals surface area contributed by atoms with E-state index in [2.05, 4.69) is 35.3 Å². The topological polar surface area (TPSA) is 37.4 Å². The third kappa shape index (κ3) is 2.63. The Morgan fingerprint density at radius 2 is 2.05 bits per heavy atom. The zero-order chi connectivity index (χ0) is 14.9. The summed E-state index contributed by atoms with van der Waals surface area (Å²) in [6, 6.07) is 7.45. The maximum atomic E-state index is 5.48. The zero-order valence-corrected chi connectivity index (χ0v) is 13.1. The molecule has 0 amide bonds. The molecule has 0 radical (unpaired) electrons. The largest absolute Gasteiger partial charge is 0.381 e. The molecule has 2 heterocycles. The van der Waals surface area contributed by atoms with Crippen LogP contribution in [-0.4, -0.2) is 37.3 Å². The third-order valence-corrected chi connectivity index (χ3v) is 4.59. The number of rotatable bonds is 4. The van der Waals surface area contributed by atoms with Gasteiger partial charge in [0.2, 0.25) is 0 Å². The van der Waals surface area contributed by atoms with Crippen molar-refractivity contribution >= 4 is 22.3 Å². The first-order valence-electron chi connectivity index (χ1n) is 8.36. The minimum atomic E-state index is 0.644. The summed E-state index contributed by atoms with van der Waals surface area (Å²) < 4.78 is 5.48. The Bertz CT molecular complexity index is 675. The van der Waals surface area contributed by atoms with Crippen LogP contribution >= 0.6 is 0 Å². The lowest BCUT2D eigenvalue weighted by Gasteiger charge is -2.29. The number of nitrogens with zero attached hydrogens (tertiary/aromatic N) is 2. The number of ether oxygens (including phenoxy) is 1. The van der Waals surface area contributed by atoms with E-state index >= 15 is 0 Å². The highest BCUT2D eigenvalue weighted by Crippen LogP contribution is 2.34. The number of hydrogen-bond acceptors (Lipinski definition) is 4. The van der Waals surface area contributed by atoms with E-state index in [0.29, 0.717) is 6.04 Å². The second kappa shape index (κ2) is 5.76. The van der Waals surface area contributed by atoms with E-state index in [9.17, 15) is 0 Å². The molecule has 1 aromatic carbocycles. The van der Waals surface area contributed by atoms with Crippen LogP contribution in [0.4, 0.5) is 11.5 Å². The Kier molecular flexibility index (Phi) is 3.62. The minimum absolute atomic E-state index is 0.644. The van der Waals surface area contributed by atoms with Gasteiger partial charge in [0.15, 0.2) is 0 Å². The molecule has 1 saturated carbocycles. The Labute approximate surface area is 131 Å². The highest BCUT2D eigenvalue weighted by Gasteiger charge is 2.23. The molecular formula is C18H23N3O. The van der Waals surface area contributed by atoms with Crippen molar-refractivity contribution in [1.82, 2.24) is 4.98 Å². The monoisotopic (exact) mass is 297 g/mol. The number of aryl methyl sites for hydroxylation is 1. The number of benzene rings is 1. The molecule has 2 aliphatic rings. The predicted octanol–water partition coefficient (Wildman–Crippen LogP) is 3.21. The van der Waals surface area contributed by atoms with Crippen LogP contribution in [0.25, 0.3) is 10.8 Å². The number of anilines is 2. The van der Waals surface area contributed by atoms with Crippen LogP contribution < -0.4 is 10.2 Å². The van der Waals surface area contributed by atoms with Crippen molar-refractivity contribution in [3.05, 3.63) is 30.0 Å². The Morgan fingerprint density at radius 3 is 2.77 bits per heavy atom. The molecule has 0 spiro atoms. The summed E-state index contributed by atoms with van der Waals surface area (Å²) in [7, 11) is 0. The molecule has 1 aromatic heterocycles. The average molecular weight is 297 g/mol. The average Bonchev–Trinajstić information content (AvgIpc) is 3.39. The molecule has 2 fully saturated rings. The van der Waals surface area contributed by atoms with E-state index in [1.54, 1.807) is 0 Å². The van der Waals surface area contributed by atoms with E-state index in [1.807, 2.05) is 6.20 Å². The summed E-state index contributed by atoms with van der Waals surface area (Å²) >= 11 is 0. The zero-order valence-electron chi connectivity index (χ0n) is 13.1. The van der Waals surface area contributed by atoms with Crippen molar-refractivity contribution in [3.8, 4) is 0 Å². The van der Waals surface area contributed by atoms with Gasteiger partial charge in [0.05, 0.1) is 25.1 Å². The van der Waals surface area contributed by atoms with E-state index < -0.39 is 0 Å². The lowest BCUT2D eigenvalue weighted by Crippen LogP contribution is -2.36. The number of nitrogens with one attached hydrogen (secondary N) is 1. The van der Waals surface area contributed by atoms with Gasteiger partial charge in [-0.3, -0.25) is 0 Å². The van der Waals surface area contributed by atoms with Gasteiger partial charge in [-0.15, -0.1) is 0 Å². The highest BCUT2D eigenvalue weighted by molar-refractivity contribution is 6.00. The number of aromatic nitrogens is 1. The maximum absolute atomic E-state index is 5.48. The third-order valence-electron chi connectivity index (χ3n) is 4.59. The molecule has 0 unspecified atom stereocenters. The minimum Gasteiger partial charge on any atom is -0.381 e. The van der Waals surface area contributed by atoms with E-state index in [1.165, 1.54) is 34.9 Å². The van der Waals surface area contributed by atoms with Gasteiger partial charge in [-0.25, -0.2) is 4.98 Å². The van der Waals surface area contributed by atoms with Gasteiger partial charge in [0, 0.05) is 29.9 Å². The fraction of sp³-hybridized carbons (Fsp3) is 0.500. The van der Waals surface area contributed by atoms with Crippen LogP contribution in [0.3, 0.4) is 0 Å². The molecule has 0 bridgehead atoms. The second-order valence-electron chi connectivity index (χ2n) is 6.25. The van der Waals surface area contributed by atoms with Gasteiger partial charge in [0.25, 0.3) is 0 Å². The van der Waals surface area contributed by atoms with Gasteiger partial charge in [-0.1, -0.05) is 19.1 Å². The van der Waals surface area contributed by atoms with Crippen LogP contribution in [0.5, 0.6) is 0 Å². The van der Waals surface area contributed by atoms with Gasteiger partial charge in [-0.2, -0.15) is 0 Å². The first-order chi connectivity index (χ1) is 10.8. The maximum Gasteiger partial charge on any atom is 0.136 e. The molecule has 2 aromatic rings. The smallest absolute Gasteiger partial charge is 0.136 e. The molecule has 1 aliphatic carbocycles. The molecule has 1 saturated heterocycles. The second-order valence-corrected chi connectivity index (χ2v) is 6.25. The van der Waals surface area contributed by atoms with Crippen LogP contribution in [0.2, 0.25) is 0 Å². The fourth-order valence-corrected chi connectivity index (χ4v) is 3.09. The van der Waals surface area contributed by atoms with Crippen molar-refractivity contribution in [3.63, 3.8) is 0 Å². The fourth-order valence-electron chi connectivity index (χ4n) is 3.09. The van der Waals surface area contributed by atoms with Gasteiger partial charge >= 0.3 is 0 Å². The van der Waals surface area contributed by atoms with Crippen molar-refractivity contribution < 1.29 is 4.74 Å². The van der Waals surface area contributed by atoms with E-state index in [-0.39, 0.29) is 0 Å². The molecular weight excluding hydrogens is 274 g/mol. The summed E-state index contributed by atoms with van der Waals surface area (Å²) in [6.45, 7) is 5.63. The van der Waals surface area contributed by atoms with Crippen molar-refractivity contribution in [2.45, 2.75) is 32.2 Å². The van der Waals surface area contributed by atoms with Crippen molar-refractivity contribution in [2.75, 3.05) is 36.5 Å². The summed E-state index contributed by atoms with van der Waals surface area (Å²) in [5.41, 5.74) is 2.55. The van der Waals surface area contributed by atoms with Crippen LogP contribution in [0.1, 0.15) is 25.3 Å². The standard InChI is InChI=1S/C18H23N3O/c1-2-13-3-6-15-16(11-13)18(21-7-9-22-10-8-21)19-12-17(15)20-14-4-5-14/h3,6,11-12,14,20H,2,4-5,7-10H2,1H3. The molecule has 4 nitrogen and oxygen atoms in total. The van der Waals surface area contributed by atoms with Gasteiger partial charge < -0.3 is 15.0 Å².